The molecule has 3 nitrogen and oxygen atoms in total. The molecular weight excluding hydrogens is 278 g/mol. The number of thiocarbonyl (C=S) groups is 1. The minimum atomic E-state index is 0.720. The van der Waals surface area contributed by atoms with Gasteiger partial charge in [-0.05, 0) is 75.2 Å². The van der Waals surface area contributed by atoms with Crippen LogP contribution in [0.5, 0.6) is 0 Å². The Bertz CT molecular complexity index is 424. The summed E-state index contributed by atoms with van der Waals surface area (Å²) in [5, 5.41) is 7.25. The summed E-state index contributed by atoms with van der Waals surface area (Å²) in [6.45, 7) is 6.83. The van der Waals surface area contributed by atoms with Crippen molar-refractivity contribution in [3.05, 3.63) is 29.8 Å². The molecule has 0 spiro atoms. The lowest BCUT2D eigenvalue weighted by atomic mass is 10.1. The first-order chi connectivity index (χ1) is 10.3. The monoisotopic (exact) mass is 305 g/mol. The van der Waals surface area contributed by atoms with E-state index in [1.807, 2.05) is 0 Å². The van der Waals surface area contributed by atoms with E-state index in [2.05, 4.69) is 46.7 Å². The summed E-state index contributed by atoms with van der Waals surface area (Å²) in [4.78, 5) is 2.56. The van der Waals surface area contributed by atoms with E-state index in [0.717, 1.165) is 30.2 Å². The Morgan fingerprint density at radius 2 is 1.86 bits per heavy atom. The standard InChI is InChI=1S/C17H27N3S/c1-2-15-7-9-16(10-8-15)19-17(21)18-11-6-14-20-12-4-3-5-13-20/h7-10H,2-6,11-14H2,1H3,(H2,18,19,21). The van der Waals surface area contributed by atoms with Gasteiger partial charge in [-0.3, -0.25) is 0 Å². The van der Waals surface area contributed by atoms with Gasteiger partial charge in [-0.2, -0.15) is 0 Å². The van der Waals surface area contributed by atoms with E-state index in [4.69, 9.17) is 12.2 Å². The van der Waals surface area contributed by atoms with Crippen LogP contribution in [-0.4, -0.2) is 36.2 Å². The molecule has 0 aliphatic carbocycles. The highest BCUT2D eigenvalue weighted by atomic mass is 32.1. The molecule has 1 aromatic rings. The topological polar surface area (TPSA) is 27.3 Å². The van der Waals surface area contributed by atoms with E-state index < -0.39 is 0 Å². The Labute approximate surface area is 134 Å². The van der Waals surface area contributed by atoms with Gasteiger partial charge >= 0.3 is 0 Å². The van der Waals surface area contributed by atoms with Crippen LogP contribution in [0, 0.1) is 0 Å². The maximum absolute atomic E-state index is 5.33. The molecule has 1 aromatic carbocycles. The predicted molar refractivity (Wildman–Crippen MR) is 95.0 cm³/mol. The van der Waals surface area contributed by atoms with Crippen LogP contribution >= 0.6 is 12.2 Å². The number of nitrogens with zero attached hydrogens (tertiary/aromatic N) is 1. The third kappa shape index (κ3) is 6.02. The first-order valence-electron chi connectivity index (χ1n) is 8.14. The molecule has 0 saturated carbocycles. The van der Waals surface area contributed by atoms with Gasteiger partial charge in [-0.15, -0.1) is 0 Å². The molecule has 1 aliphatic heterocycles. The lowest BCUT2D eigenvalue weighted by Crippen LogP contribution is -2.34. The van der Waals surface area contributed by atoms with Crippen LogP contribution in [0.4, 0.5) is 5.69 Å². The van der Waals surface area contributed by atoms with Crippen molar-refractivity contribution in [3.8, 4) is 0 Å². The van der Waals surface area contributed by atoms with Gasteiger partial charge in [-0.25, -0.2) is 0 Å². The van der Waals surface area contributed by atoms with Gasteiger partial charge < -0.3 is 15.5 Å². The molecule has 1 saturated heterocycles. The molecule has 0 amide bonds. The number of hydrogen-bond donors (Lipinski definition) is 2. The van der Waals surface area contributed by atoms with Gasteiger partial charge in [0.1, 0.15) is 0 Å². The molecule has 21 heavy (non-hydrogen) atoms. The molecule has 0 radical (unpaired) electrons. The molecular formula is C17H27N3S. The van der Waals surface area contributed by atoms with Crippen LogP contribution in [0.2, 0.25) is 0 Å². The van der Waals surface area contributed by atoms with E-state index >= 15 is 0 Å². The third-order valence-corrected chi connectivity index (χ3v) is 4.25. The third-order valence-electron chi connectivity index (χ3n) is 4.01. The Hall–Kier alpha value is -1.13. The molecule has 0 unspecified atom stereocenters. The van der Waals surface area contributed by atoms with Crippen molar-refractivity contribution in [2.45, 2.75) is 39.0 Å². The highest BCUT2D eigenvalue weighted by Crippen LogP contribution is 2.10. The van der Waals surface area contributed by atoms with Gasteiger partial charge in [0.2, 0.25) is 0 Å². The van der Waals surface area contributed by atoms with Gasteiger partial charge in [0.05, 0.1) is 0 Å². The van der Waals surface area contributed by atoms with Crippen LogP contribution < -0.4 is 10.6 Å². The molecule has 1 heterocycles. The maximum atomic E-state index is 5.33. The first-order valence-corrected chi connectivity index (χ1v) is 8.55. The second kappa shape index (κ2) is 9.00. The summed E-state index contributed by atoms with van der Waals surface area (Å²) in [6.07, 6.45) is 6.35. The average molecular weight is 305 g/mol. The molecule has 0 aromatic heterocycles. The fourth-order valence-electron chi connectivity index (χ4n) is 2.69. The van der Waals surface area contributed by atoms with Crippen LogP contribution in [0.1, 0.15) is 38.2 Å². The SMILES string of the molecule is CCc1ccc(NC(=S)NCCCN2CCCCC2)cc1. The largest absolute Gasteiger partial charge is 0.362 e. The molecule has 1 aliphatic rings. The number of benzene rings is 1. The Balaban J connectivity index is 1.60. The fourth-order valence-corrected chi connectivity index (χ4v) is 2.91. The summed E-state index contributed by atoms with van der Waals surface area (Å²) in [6, 6.07) is 8.45. The van der Waals surface area contributed by atoms with Crippen LogP contribution in [0.25, 0.3) is 0 Å². The quantitative estimate of drug-likeness (QED) is 0.622. The van der Waals surface area contributed by atoms with Crippen molar-refractivity contribution in [1.82, 2.24) is 10.2 Å². The molecule has 0 bridgehead atoms. The van der Waals surface area contributed by atoms with E-state index in [1.54, 1.807) is 0 Å². The molecule has 2 rings (SSSR count). The number of likely N-dealkylation sites (tertiary alicyclic amines) is 1. The Morgan fingerprint density at radius 1 is 1.14 bits per heavy atom. The maximum Gasteiger partial charge on any atom is 0.170 e. The highest BCUT2D eigenvalue weighted by molar-refractivity contribution is 7.80. The summed E-state index contributed by atoms with van der Waals surface area (Å²) in [7, 11) is 0. The summed E-state index contributed by atoms with van der Waals surface area (Å²) in [5.41, 5.74) is 2.40. The Kier molecular flexibility index (Phi) is 6.96. The number of hydrogen-bond acceptors (Lipinski definition) is 2. The number of aryl methyl sites for hydroxylation is 1. The number of nitrogens with one attached hydrogen (secondary N) is 2. The molecule has 1 fully saturated rings. The van der Waals surface area contributed by atoms with Crippen LogP contribution in [0.3, 0.4) is 0 Å². The average Bonchev–Trinajstić information content (AvgIpc) is 2.53. The second-order valence-corrected chi connectivity index (χ2v) is 6.10. The molecule has 116 valence electrons. The van der Waals surface area contributed by atoms with Crippen molar-refractivity contribution in [1.29, 1.82) is 0 Å². The van der Waals surface area contributed by atoms with Crippen LogP contribution in [-0.2, 0) is 6.42 Å². The van der Waals surface area contributed by atoms with E-state index in [0.29, 0.717) is 0 Å². The van der Waals surface area contributed by atoms with Crippen molar-refractivity contribution >= 4 is 23.0 Å². The van der Waals surface area contributed by atoms with Crippen molar-refractivity contribution in [3.63, 3.8) is 0 Å². The Morgan fingerprint density at radius 3 is 2.52 bits per heavy atom. The van der Waals surface area contributed by atoms with E-state index in [-0.39, 0.29) is 0 Å². The van der Waals surface area contributed by atoms with Crippen molar-refractivity contribution in [2.24, 2.45) is 0 Å². The van der Waals surface area contributed by atoms with E-state index in [1.165, 1.54) is 44.5 Å². The fraction of sp³-hybridized carbons (Fsp3) is 0.588. The number of piperidine rings is 1. The normalized spacial score (nSPS) is 15.7. The summed E-state index contributed by atoms with van der Waals surface area (Å²) in [5.74, 6) is 0. The molecule has 4 heteroatoms. The highest BCUT2D eigenvalue weighted by Gasteiger charge is 2.08. The van der Waals surface area contributed by atoms with Crippen molar-refractivity contribution in [2.75, 3.05) is 31.5 Å². The smallest absolute Gasteiger partial charge is 0.170 e. The van der Waals surface area contributed by atoms with Crippen molar-refractivity contribution < 1.29 is 0 Å². The minimum Gasteiger partial charge on any atom is -0.362 e. The molecule has 0 atom stereocenters. The summed E-state index contributed by atoms with van der Waals surface area (Å²) >= 11 is 5.33. The van der Waals surface area contributed by atoms with Gasteiger partial charge in [-0.1, -0.05) is 25.5 Å². The number of anilines is 1. The number of rotatable bonds is 6. The predicted octanol–water partition coefficient (Wildman–Crippen LogP) is 3.41. The van der Waals surface area contributed by atoms with Gasteiger partial charge in [0.15, 0.2) is 5.11 Å². The second-order valence-electron chi connectivity index (χ2n) is 5.69. The molecule has 2 N–H and O–H groups in total. The zero-order valence-electron chi connectivity index (χ0n) is 13.0. The lowest BCUT2D eigenvalue weighted by Gasteiger charge is -2.26. The lowest BCUT2D eigenvalue weighted by molar-refractivity contribution is 0.227. The van der Waals surface area contributed by atoms with E-state index in [9.17, 15) is 0 Å². The summed E-state index contributed by atoms with van der Waals surface area (Å²) < 4.78 is 0. The zero-order valence-corrected chi connectivity index (χ0v) is 13.8. The van der Waals surface area contributed by atoms with Gasteiger partial charge in [0, 0.05) is 12.2 Å². The first kappa shape index (κ1) is 16.2. The zero-order chi connectivity index (χ0) is 14.9. The van der Waals surface area contributed by atoms with Gasteiger partial charge in [0.25, 0.3) is 0 Å². The minimum absolute atomic E-state index is 0.720. The van der Waals surface area contributed by atoms with Crippen LogP contribution in [0.15, 0.2) is 24.3 Å².